The number of ether oxygens (including phenoxy) is 1. The number of morpholine rings is 1. The Hall–Kier alpha value is -2.61. The molecule has 1 unspecified atom stereocenters. The molecule has 1 saturated heterocycles. The third-order valence-electron chi connectivity index (χ3n) is 5.03. The molecule has 1 atom stereocenters. The van der Waals surface area contributed by atoms with E-state index in [1.807, 2.05) is 44.0 Å². The SMILES string of the molecule is CN=C(NCCCCn1c(C)cccc1=O)N1CCOC(c2cnn(C)c2)C1. The fraction of sp³-hybridized carbons (Fsp3) is 0.550. The number of hydrogen-bond acceptors (Lipinski definition) is 4. The predicted molar refractivity (Wildman–Crippen MR) is 110 cm³/mol. The molecule has 3 heterocycles. The third kappa shape index (κ3) is 5.01. The number of rotatable bonds is 6. The molecule has 1 aliphatic heterocycles. The number of aryl methyl sites for hydroxylation is 2. The minimum atomic E-state index is 0.00827. The van der Waals surface area contributed by atoms with Crippen molar-refractivity contribution in [2.45, 2.75) is 32.4 Å². The first kappa shape index (κ1) is 20.1. The number of hydrogen-bond donors (Lipinski definition) is 1. The van der Waals surface area contributed by atoms with Crippen molar-refractivity contribution in [3.05, 3.63) is 52.2 Å². The van der Waals surface area contributed by atoms with Gasteiger partial charge in [0.25, 0.3) is 5.56 Å². The molecule has 0 amide bonds. The van der Waals surface area contributed by atoms with Gasteiger partial charge in [0.05, 0.1) is 19.3 Å². The van der Waals surface area contributed by atoms with E-state index in [-0.39, 0.29) is 11.7 Å². The normalized spacial score (nSPS) is 17.8. The Kier molecular flexibility index (Phi) is 6.86. The van der Waals surface area contributed by atoms with Gasteiger partial charge < -0.3 is 19.5 Å². The topological polar surface area (TPSA) is 76.7 Å². The van der Waals surface area contributed by atoms with Crippen molar-refractivity contribution >= 4 is 5.96 Å². The zero-order chi connectivity index (χ0) is 19.9. The van der Waals surface area contributed by atoms with Crippen LogP contribution in [-0.2, 0) is 18.3 Å². The fourth-order valence-electron chi connectivity index (χ4n) is 3.49. The van der Waals surface area contributed by atoms with Crippen LogP contribution in [0.25, 0.3) is 0 Å². The molecule has 0 aliphatic carbocycles. The Morgan fingerprint density at radius 3 is 2.96 bits per heavy atom. The van der Waals surface area contributed by atoms with Gasteiger partial charge in [-0.3, -0.25) is 14.5 Å². The lowest BCUT2D eigenvalue weighted by atomic mass is 10.1. The molecule has 3 rings (SSSR count). The first-order valence-corrected chi connectivity index (χ1v) is 9.80. The van der Waals surface area contributed by atoms with Crippen LogP contribution in [0.3, 0.4) is 0 Å². The Labute approximate surface area is 165 Å². The van der Waals surface area contributed by atoms with E-state index in [1.165, 1.54) is 0 Å². The van der Waals surface area contributed by atoms with Crippen molar-refractivity contribution in [3.8, 4) is 0 Å². The lowest BCUT2D eigenvalue weighted by Gasteiger charge is -2.34. The van der Waals surface area contributed by atoms with Gasteiger partial charge in [0.15, 0.2) is 5.96 Å². The average Bonchev–Trinajstić information content (AvgIpc) is 3.13. The molecule has 2 aromatic heterocycles. The number of unbranched alkanes of at least 4 members (excludes halogenated alkanes) is 1. The van der Waals surface area contributed by atoms with Crippen LogP contribution in [0.2, 0.25) is 0 Å². The van der Waals surface area contributed by atoms with E-state index in [4.69, 9.17) is 4.74 Å². The molecule has 0 aromatic carbocycles. The Morgan fingerprint density at radius 1 is 1.39 bits per heavy atom. The molecule has 0 bridgehead atoms. The standard InChI is InChI=1S/C20H30N6O2/c1-16-7-6-8-19(27)26(16)10-5-4-9-22-20(21-2)25-11-12-28-18(15-25)17-13-23-24(3)14-17/h6-8,13-14,18H,4-5,9-12,15H2,1-3H3,(H,21,22). The van der Waals surface area contributed by atoms with E-state index >= 15 is 0 Å². The number of nitrogens with zero attached hydrogens (tertiary/aromatic N) is 5. The Bertz CT molecular complexity index is 856. The van der Waals surface area contributed by atoms with Gasteiger partial charge in [-0.15, -0.1) is 0 Å². The summed E-state index contributed by atoms with van der Waals surface area (Å²) in [5.74, 6) is 0.894. The van der Waals surface area contributed by atoms with E-state index in [0.29, 0.717) is 6.61 Å². The summed E-state index contributed by atoms with van der Waals surface area (Å²) >= 11 is 0. The number of nitrogens with one attached hydrogen (secondary N) is 1. The van der Waals surface area contributed by atoms with Crippen molar-refractivity contribution in [3.63, 3.8) is 0 Å². The highest BCUT2D eigenvalue weighted by Gasteiger charge is 2.24. The highest BCUT2D eigenvalue weighted by molar-refractivity contribution is 5.80. The molecule has 8 heteroatoms. The van der Waals surface area contributed by atoms with Crippen LogP contribution < -0.4 is 10.9 Å². The van der Waals surface area contributed by atoms with E-state index in [0.717, 1.165) is 56.2 Å². The van der Waals surface area contributed by atoms with E-state index in [1.54, 1.807) is 16.8 Å². The monoisotopic (exact) mass is 386 g/mol. The molecule has 28 heavy (non-hydrogen) atoms. The highest BCUT2D eigenvalue weighted by atomic mass is 16.5. The molecule has 8 nitrogen and oxygen atoms in total. The molecular weight excluding hydrogens is 356 g/mol. The van der Waals surface area contributed by atoms with Crippen LogP contribution in [0, 0.1) is 6.92 Å². The number of pyridine rings is 1. The summed E-state index contributed by atoms with van der Waals surface area (Å²) < 4.78 is 9.53. The predicted octanol–water partition coefficient (Wildman–Crippen LogP) is 1.32. The van der Waals surface area contributed by atoms with Gasteiger partial charge in [-0.05, 0) is 25.8 Å². The average molecular weight is 387 g/mol. The highest BCUT2D eigenvalue weighted by Crippen LogP contribution is 2.21. The summed E-state index contributed by atoms with van der Waals surface area (Å²) in [5, 5.41) is 7.68. The van der Waals surface area contributed by atoms with Crippen LogP contribution in [0.4, 0.5) is 0 Å². The Morgan fingerprint density at radius 2 is 2.25 bits per heavy atom. The minimum absolute atomic E-state index is 0.00827. The Balaban J connectivity index is 1.46. The van der Waals surface area contributed by atoms with Gasteiger partial charge in [-0.1, -0.05) is 6.07 Å². The second kappa shape index (κ2) is 9.54. The van der Waals surface area contributed by atoms with Crippen molar-refractivity contribution in [1.29, 1.82) is 0 Å². The molecule has 1 N–H and O–H groups in total. The van der Waals surface area contributed by atoms with Crippen molar-refractivity contribution in [1.82, 2.24) is 24.6 Å². The third-order valence-corrected chi connectivity index (χ3v) is 5.03. The van der Waals surface area contributed by atoms with E-state index < -0.39 is 0 Å². The maximum Gasteiger partial charge on any atom is 0.250 e. The van der Waals surface area contributed by atoms with Crippen molar-refractivity contribution in [2.24, 2.45) is 12.0 Å². The number of guanidine groups is 1. The zero-order valence-electron chi connectivity index (χ0n) is 17.0. The first-order valence-electron chi connectivity index (χ1n) is 9.80. The van der Waals surface area contributed by atoms with Gasteiger partial charge >= 0.3 is 0 Å². The van der Waals surface area contributed by atoms with Gasteiger partial charge in [0.1, 0.15) is 6.10 Å². The summed E-state index contributed by atoms with van der Waals surface area (Å²) in [6, 6.07) is 5.39. The van der Waals surface area contributed by atoms with Gasteiger partial charge in [0, 0.05) is 57.3 Å². The second-order valence-corrected chi connectivity index (χ2v) is 7.09. The largest absolute Gasteiger partial charge is 0.370 e. The fourth-order valence-corrected chi connectivity index (χ4v) is 3.49. The first-order chi connectivity index (χ1) is 13.6. The van der Waals surface area contributed by atoms with Crippen LogP contribution in [-0.4, -0.2) is 58.5 Å². The lowest BCUT2D eigenvalue weighted by molar-refractivity contribution is -0.00802. The summed E-state index contributed by atoms with van der Waals surface area (Å²) in [7, 11) is 3.72. The maximum absolute atomic E-state index is 11.9. The number of aromatic nitrogens is 3. The maximum atomic E-state index is 11.9. The minimum Gasteiger partial charge on any atom is -0.370 e. The smallest absolute Gasteiger partial charge is 0.250 e. The molecule has 152 valence electrons. The molecule has 0 radical (unpaired) electrons. The van der Waals surface area contributed by atoms with Crippen LogP contribution in [0.1, 0.15) is 30.2 Å². The summed E-state index contributed by atoms with van der Waals surface area (Å²) in [6.45, 7) is 5.77. The summed E-state index contributed by atoms with van der Waals surface area (Å²) in [4.78, 5) is 18.6. The van der Waals surface area contributed by atoms with Gasteiger partial charge in [0.2, 0.25) is 0 Å². The van der Waals surface area contributed by atoms with Gasteiger partial charge in [-0.25, -0.2) is 0 Å². The molecule has 2 aromatic rings. The van der Waals surface area contributed by atoms with Crippen molar-refractivity contribution in [2.75, 3.05) is 33.3 Å². The number of aliphatic imine (C=N–C) groups is 1. The molecule has 1 aliphatic rings. The van der Waals surface area contributed by atoms with Gasteiger partial charge in [-0.2, -0.15) is 5.10 Å². The van der Waals surface area contributed by atoms with Crippen molar-refractivity contribution < 1.29 is 4.74 Å². The van der Waals surface area contributed by atoms with E-state index in [9.17, 15) is 4.79 Å². The zero-order valence-corrected chi connectivity index (χ0v) is 17.0. The lowest BCUT2D eigenvalue weighted by Crippen LogP contribution is -2.48. The molecular formula is C20H30N6O2. The van der Waals surface area contributed by atoms with E-state index in [2.05, 4.69) is 20.3 Å². The quantitative estimate of drug-likeness (QED) is 0.460. The molecule has 0 saturated carbocycles. The summed E-state index contributed by atoms with van der Waals surface area (Å²) in [6.07, 6.45) is 5.77. The molecule has 0 spiro atoms. The second-order valence-electron chi connectivity index (χ2n) is 7.09. The molecule has 1 fully saturated rings. The summed E-state index contributed by atoms with van der Waals surface area (Å²) in [5.41, 5.74) is 2.16. The van der Waals surface area contributed by atoms with Crippen LogP contribution in [0.15, 0.2) is 40.4 Å². The van der Waals surface area contributed by atoms with Crippen LogP contribution in [0.5, 0.6) is 0 Å². The van der Waals surface area contributed by atoms with Crippen LogP contribution >= 0.6 is 0 Å².